The Morgan fingerprint density at radius 1 is 1.42 bits per heavy atom. The van der Waals surface area contributed by atoms with Gasteiger partial charge >= 0.3 is 0 Å². The third-order valence-electron chi connectivity index (χ3n) is 2.89. The van der Waals surface area contributed by atoms with E-state index in [2.05, 4.69) is 26.1 Å². The summed E-state index contributed by atoms with van der Waals surface area (Å²) in [5.74, 6) is 0.183. The number of hydrogen-bond donors (Lipinski definition) is 1. The summed E-state index contributed by atoms with van der Waals surface area (Å²) in [7, 11) is 0. The van der Waals surface area contributed by atoms with Crippen molar-refractivity contribution in [1.29, 1.82) is 0 Å². The molecule has 1 N–H and O–H groups in total. The molecule has 2 nitrogen and oxygen atoms in total. The van der Waals surface area contributed by atoms with Crippen LogP contribution >= 0.6 is 0 Å². The van der Waals surface area contributed by atoms with Crippen molar-refractivity contribution in [3.05, 3.63) is 0 Å². The van der Waals surface area contributed by atoms with Gasteiger partial charge < -0.3 is 5.32 Å². The Morgan fingerprint density at radius 3 is 2.17 bits per heavy atom. The summed E-state index contributed by atoms with van der Waals surface area (Å²) in [6, 6.07) is 0. The molecule has 0 radical (unpaired) electrons. The molecule has 1 fully saturated rings. The van der Waals surface area contributed by atoms with Gasteiger partial charge in [0.25, 0.3) is 0 Å². The molecule has 0 heterocycles. The number of amides is 1. The van der Waals surface area contributed by atoms with Crippen LogP contribution in [0.2, 0.25) is 0 Å². The van der Waals surface area contributed by atoms with E-state index in [1.54, 1.807) is 0 Å². The average Bonchev–Trinajstić information content (AvgIpc) is 2.67. The van der Waals surface area contributed by atoms with E-state index in [-0.39, 0.29) is 16.9 Å². The van der Waals surface area contributed by atoms with Crippen LogP contribution in [0.1, 0.15) is 47.0 Å². The molecule has 70 valence electrons. The minimum absolute atomic E-state index is 0.111. The summed E-state index contributed by atoms with van der Waals surface area (Å²) in [6.07, 6.45) is 2.88. The van der Waals surface area contributed by atoms with Crippen LogP contribution in [0, 0.1) is 5.41 Å². The predicted octanol–water partition coefficient (Wildman–Crippen LogP) is 2.09. The monoisotopic (exact) mass is 169 g/mol. The highest BCUT2D eigenvalue weighted by molar-refractivity contribution is 5.77. The molecule has 0 atom stereocenters. The SMILES string of the molecule is CCC(=O)NC1(C(C)(C)C)CC1. The number of carbonyl (C=O) groups excluding carboxylic acids is 1. The number of carbonyl (C=O) groups is 1. The normalized spacial score (nSPS) is 20.3. The Balaban J connectivity index is 2.56. The molecule has 0 saturated heterocycles. The predicted molar refractivity (Wildman–Crippen MR) is 49.9 cm³/mol. The molecular formula is C10H19NO. The summed E-state index contributed by atoms with van der Waals surface area (Å²) in [5.41, 5.74) is 0.317. The third kappa shape index (κ3) is 1.62. The van der Waals surface area contributed by atoms with Gasteiger partial charge in [0, 0.05) is 12.0 Å². The summed E-state index contributed by atoms with van der Waals surface area (Å²) >= 11 is 0. The maximum absolute atomic E-state index is 11.2. The van der Waals surface area contributed by atoms with Crippen LogP contribution in [-0.2, 0) is 4.79 Å². The second kappa shape index (κ2) is 2.75. The lowest BCUT2D eigenvalue weighted by molar-refractivity contribution is -0.122. The van der Waals surface area contributed by atoms with Gasteiger partial charge in [0.15, 0.2) is 0 Å². The van der Waals surface area contributed by atoms with Crippen molar-refractivity contribution in [3.63, 3.8) is 0 Å². The van der Waals surface area contributed by atoms with E-state index in [1.165, 1.54) is 0 Å². The van der Waals surface area contributed by atoms with E-state index in [0.717, 1.165) is 12.8 Å². The molecule has 1 aliphatic carbocycles. The number of nitrogens with one attached hydrogen (secondary N) is 1. The second-order valence-electron chi connectivity index (χ2n) is 4.73. The van der Waals surface area contributed by atoms with Crippen molar-refractivity contribution >= 4 is 5.91 Å². The fourth-order valence-corrected chi connectivity index (χ4v) is 1.54. The van der Waals surface area contributed by atoms with Gasteiger partial charge in [0.05, 0.1) is 0 Å². The first-order valence-electron chi connectivity index (χ1n) is 4.72. The molecule has 0 aromatic heterocycles. The van der Waals surface area contributed by atoms with Crippen molar-refractivity contribution in [2.75, 3.05) is 0 Å². The second-order valence-corrected chi connectivity index (χ2v) is 4.73. The number of hydrogen-bond acceptors (Lipinski definition) is 1. The van der Waals surface area contributed by atoms with Crippen LogP contribution < -0.4 is 5.32 Å². The molecule has 1 aliphatic rings. The van der Waals surface area contributed by atoms with Crippen LogP contribution in [0.25, 0.3) is 0 Å². The van der Waals surface area contributed by atoms with Gasteiger partial charge in [-0.15, -0.1) is 0 Å². The largest absolute Gasteiger partial charge is 0.350 e. The Kier molecular flexibility index (Phi) is 2.19. The highest BCUT2D eigenvalue weighted by Gasteiger charge is 2.52. The van der Waals surface area contributed by atoms with E-state index in [9.17, 15) is 4.79 Å². The minimum atomic E-state index is 0.111. The van der Waals surface area contributed by atoms with E-state index in [0.29, 0.717) is 6.42 Å². The van der Waals surface area contributed by atoms with E-state index in [1.807, 2.05) is 6.92 Å². The van der Waals surface area contributed by atoms with E-state index >= 15 is 0 Å². The van der Waals surface area contributed by atoms with Crippen molar-refractivity contribution in [2.24, 2.45) is 5.41 Å². The lowest BCUT2D eigenvalue weighted by Gasteiger charge is -2.31. The van der Waals surface area contributed by atoms with Crippen LogP contribution in [0.3, 0.4) is 0 Å². The van der Waals surface area contributed by atoms with Crippen LogP contribution in [0.5, 0.6) is 0 Å². The molecule has 0 unspecified atom stereocenters. The van der Waals surface area contributed by atoms with Crippen LogP contribution in [0.4, 0.5) is 0 Å². The minimum Gasteiger partial charge on any atom is -0.350 e. The maximum Gasteiger partial charge on any atom is 0.220 e. The number of rotatable bonds is 2. The van der Waals surface area contributed by atoms with Crippen molar-refractivity contribution < 1.29 is 4.79 Å². The smallest absolute Gasteiger partial charge is 0.220 e. The Morgan fingerprint density at radius 2 is 1.92 bits per heavy atom. The molecule has 0 aromatic carbocycles. The fourth-order valence-electron chi connectivity index (χ4n) is 1.54. The van der Waals surface area contributed by atoms with Gasteiger partial charge in [0.1, 0.15) is 0 Å². The summed E-state index contributed by atoms with van der Waals surface area (Å²) in [6.45, 7) is 8.47. The molecule has 0 aliphatic heterocycles. The first-order valence-corrected chi connectivity index (χ1v) is 4.72. The summed E-state index contributed by atoms with van der Waals surface area (Å²) in [5, 5.41) is 3.12. The third-order valence-corrected chi connectivity index (χ3v) is 2.89. The fraction of sp³-hybridized carbons (Fsp3) is 0.900. The lowest BCUT2D eigenvalue weighted by Crippen LogP contribution is -2.45. The van der Waals surface area contributed by atoms with Crippen LogP contribution in [0.15, 0.2) is 0 Å². The van der Waals surface area contributed by atoms with Crippen LogP contribution in [-0.4, -0.2) is 11.4 Å². The average molecular weight is 169 g/mol. The van der Waals surface area contributed by atoms with Gasteiger partial charge in [0.2, 0.25) is 5.91 Å². The lowest BCUT2D eigenvalue weighted by atomic mass is 9.84. The van der Waals surface area contributed by atoms with Crippen molar-refractivity contribution in [2.45, 2.75) is 52.5 Å². The van der Waals surface area contributed by atoms with Crippen molar-refractivity contribution in [3.8, 4) is 0 Å². The van der Waals surface area contributed by atoms with Gasteiger partial charge in [-0.3, -0.25) is 4.79 Å². The Hall–Kier alpha value is -0.530. The Bertz CT molecular complexity index is 187. The topological polar surface area (TPSA) is 29.1 Å². The molecule has 0 aromatic rings. The molecule has 1 amide bonds. The molecular weight excluding hydrogens is 150 g/mol. The summed E-state index contributed by atoms with van der Waals surface area (Å²) in [4.78, 5) is 11.2. The zero-order chi connectivity index (χ0) is 9.41. The zero-order valence-electron chi connectivity index (χ0n) is 8.53. The molecule has 12 heavy (non-hydrogen) atoms. The maximum atomic E-state index is 11.2. The van der Waals surface area contributed by atoms with Gasteiger partial charge in [-0.2, -0.15) is 0 Å². The zero-order valence-corrected chi connectivity index (χ0v) is 8.53. The molecule has 1 rings (SSSR count). The first-order chi connectivity index (χ1) is 5.41. The molecule has 1 saturated carbocycles. The highest BCUT2D eigenvalue weighted by Crippen LogP contribution is 2.49. The highest BCUT2D eigenvalue weighted by atomic mass is 16.1. The van der Waals surface area contributed by atoms with E-state index in [4.69, 9.17) is 0 Å². The first kappa shape index (κ1) is 9.56. The standard InChI is InChI=1S/C10H19NO/c1-5-8(12)11-10(6-7-10)9(2,3)4/h5-7H2,1-4H3,(H,11,12). The molecule has 2 heteroatoms. The van der Waals surface area contributed by atoms with E-state index < -0.39 is 0 Å². The van der Waals surface area contributed by atoms with Crippen molar-refractivity contribution in [1.82, 2.24) is 5.32 Å². The summed E-state index contributed by atoms with van der Waals surface area (Å²) < 4.78 is 0. The van der Waals surface area contributed by atoms with Gasteiger partial charge in [-0.1, -0.05) is 27.7 Å². The van der Waals surface area contributed by atoms with Gasteiger partial charge in [-0.25, -0.2) is 0 Å². The molecule has 0 bridgehead atoms. The van der Waals surface area contributed by atoms with Gasteiger partial charge in [-0.05, 0) is 18.3 Å². The quantitative estimate of drug-likeness (QED) is 0.673. The molecule has 0 spiro atoms. The Labute approximate surface area is 74.7 Å².